The van der Waals surface area contributed by atoms with Crippen LogP contribution in [0.2, 0.25) is 5.02 Å². The Hall–Kier alpha value is 0.680. The van der Waals surface area contributed by atoms with E-state index < -0.39 is 0 Å². The quantitative estimate of drug-likeness (QED) is 0.474. The number of fused-ring (bicyclic) bond motifs is 1. The van der Waals surface area contributed by atoms with E-state index in [4.69, 9.17) is 11.6 Å². The monoisotopic (exact) mass is 386 g/mol. The average molecular weight is 387 g/mol. The fraction of sp³-hybridized carbons (Fsp3) is 0.111. The molecule has 0 saturated carbocycles. The smallest absolute Gasteiger partial charge is 0.0416 e. The minimum Gasteiger partial charge on any atom is -0.142 e. The molecule has 0 saturated heterocycles. The summed E-state index contributed by atoms with van der Waals surface area (Å²) in [4.78, 5) is 0. The molecule has 0 atom stereocenters. The van der Waals surface area contributed by atoms with Gasteiger partial charge in [0.1, 0.15) is 0 Å². The van der Waals surface area contributed by atoms with Crippen LogP contribution in [0.5, 0.6) is 0 Å². The van der Waals surface area contributed by atoms with E-state index in [2.05, 4.69) is 43.9 Å². The van der Waals surface area contributed by atoms with Gasteiger partial charge in [0.2, 0.25) is 0 Å². The predicted molar refractivity (Wildman–Crippen MR) is 72.2 cm³/mol. The molecule has 4 heteroatoms. The molecule has 0 bridgehead atoms. The van der Waals surface area contributed by atoms with Crippen LogP contribution in [0.15, 0.2) is 17.5 Å². The van der Waals surface area contributed by atoms with E-state index >= 15 is 0 Å². The van der Waals surface area contributed by atoms with Crippen molar-refractivity contribution in [2.24, 2.45) is 0 Å². The van der Waals surface area contributed by atoms with Crippen LogP contribution < -0.4 is 0 Å². The van der Waals surface area contributed by atoms with Gasteiger partial charge in [-0.1, -0.05) is 27.5 Å². The lowest BCUT2D eigenvalue weighted by molar-refractivity contribution is 1.51. The number of rotatable bonds is 1. The van der Waals surface area contributed by atoms with Gasteiger partial charge in [0, 0.05) is 29.4 Å². The second-order valence-electron chi connectivity index (χ2n) is 2.66. The maximum absolute atomic E-state index is 6.01. The van der Waals surface area contributed by atoms with Gasteiger partial charge in [-0.25, -0.2) is 0 Å². The third-order valence-corrected chi connectivity index (χ3v) is 5.02. The second-order valence-corrected chi connectivity index (χ2v) is 5.70. The second kappa shape index (κ2) is 4.04. The van der Waals surface area contributed by atoms with Crippen molar-refractivity contribution in [1.82, 2.24) is 0 Å². The van der Waals surface area contributed by atoms with Gasteiger partial charge in [-0.05, 0) is 40.3 Å². The Bertz CT molecular complexity index is 452. The summed E-state index contributed by atoms with van der Waals surface area (Å²) in [5.74, 6) is 0. The highest BCUT2D eigenvalue weighted by molar-refractivity contribution is 14.1. The zero-order valence-electron chi connectivity index (χ0n) is 6.48. The fourth-order valence-corrected chi connectivity index (χ4v) is 4.03. The zero-order valence-corrected chi connectivity index (χ0v) is 11.8. The molecule has 1 aromatic carbocycles. The van der Waals surface area contributed by atoms with E-state index in [0.717, 1.165) is 10.4 Å². The highest BCUT2D eigenvalue weighted by Gasteiger charge is 2.06. The van der Waals surface area contributed by atoms with Crippen LogP contribution in [0.1, 0.15) is 5.56 Å². The Kier molecular flexibility index (Phi) is 3.18. The molecule has 0 aliphatic rings. The minimum atomic E-state index is 0.818. The summed E-state index contributed by atoms with van der Waals surface area (Å²) < 4.78 is 2.62. The molecule has 0 nitrogen and oxygen atoms in total. The standard InChI is InChI=1S/C9H5BrClIS/c10-3-5-1-6(11)2-7-8(12)4-13-9(5)7/h1-2,4H,3H2. The van der Waals surface area contributed by atoms with E-state index in [1.165, 1.54) is 19.2 Å². The van der Waals surface area contributed by atoms with Gasteiger partial charge in [-0.2, -0.15) is 0 Å². The van der Waals surface area contributed by atoms with Gasteiger partial charge >= 0.3 is 0 Å². The SMILES string of the molecule is Clc1cc(CBr)c2scc(I)c2c1. The van der Waals surface area contributed by atoms with E-state index in [-0.39, 0.29) is 0 Å². The number of halogens is 3. The Morgan fingerprint density at radius 3 is 2.92 bits per heavy atom. The van der Waals surface area contributed by atoms with Crippen LogP contribution in [0, 0.1) is 3.57 Å². The molecule has 0 aliphatic carbocycles. The Balaban J connectivity index is 2.84. The molecule has 0 aliphatic heterocycles. The van der Waals surface area contributed by atoms with Crippen molar-refractivity contribution >= 4 is 71.5 Å². The van der Waals surface area contributed by atoms with Crippen LogP contribution in [0.4, 0.5) is 0 Å². The van der Waals surface area contributed by atoms with E-state index in [0.29, 0.717) is 0 Å². The van der Waals surface area contributed by atoms with Crippen molar-refractivity contribution in [1.29, 1.82) is 0 Å². The number of thiophene rings is 1. The molecule has 2 aromatic rings. The van der Waals surface area contributed by atoms with E-state index in [1.54, 1.807) is 11.3 Å². The van der Waals surface area contributed by atoms with Crippen LogP contribution in [0.25, 0.3) is 10.1 Å². The van der Waals surface area contributed by atoms with Gasteiger partial charge in [0.05, 0.1) is 0 Å². The van der Waals surface area contributed by atoms with Crippen LogP contribution in [0.3, 0.4) is 0 Å². The Labute approximate surface area is 108 Å². The average Bonchev–Trinajstić information content (AvgIpc) is 2.47. The van der Waals surface area contributed by atoms with E-state index in [9.17, 15) is 0 Å². The normalized spacial score (nSPS) is 11.0. The number of hydrogen-bond donors (Lipinski definition) is 0. The number of benzene rings is 1. The molecular weight excluding hydrogens is 382 g/mol. The summed E-state index contributed by atoms with van der Waals surface area (Å²) in [6.45, 7) is 0. The molecule has 0 N–H and O–H groups in total. The summed E-state index contributed by atoms with van der Waals surface area (Å²) in [7, 11) is 0. The highest BCUT2D eigenvalue weighted by atomic mass is 127. The van der Waals surface area contributed by atoms with Gasteiger partial charge in [0.25, 0.3) is 0 Å². The molecular formula is C9H5BrClIS. The summed E-state index contributed by atoms with van der Waals surface area (Å²) in [5, 5.41) is 5.11. The van der Waals surface area contributed by atoms with Crippen molar-refractivity contribution in [3.05, 3.63) is 31.7 Å². The third-order valence-electron chi connectivity index (χ3n) is 1.81. The summed E-state index contributed by atoms with van der Waals surface area (Å²) in [6.07, 6.45) is 0. The highest BCUT2D eigenvalue weighted by Crippen LogP contribution is 2.33. The van der Waals surface area contributed by atoms with Gasteiger partial charge in [0.15, 0.2) is 0 Å². The van der Waals surface area contributed by atoms with Gasteiger partial charge in [-0.15, -0.1) is 11.3 Å². The summed E-state index contributed by atoms with van der Waals surface area (Å²) in [6, 6.07) is 4.05. The first-order chi connectivity index (χ1) is 6.22. The number of alkyl halides is 1. The summed E-state index contributed by atoms with van der Waals surface area (Å²) in [5.41, 5.74) is 1.27. The van der Waals surface area contributed by atoms with Crippen molar-refractivity contribution in [3.8, 4) is 0 Å². The maximum atomic E-state index is 6.01. The largest absolute Gasteiger partial charge is 0.142 e. The molecule has 2 rings (SSSR count). The zero-order chi connectivity index (χ0) is 9.42. The predicted octanol–water partition coefficient (Wildman–Crippen LogP) is 5.05. The third kappa shape index (κ3) is 1.89. The maximum Gasteiger partial charge on any atom is 0.0416 e. The molecule has 0 radical (unpaired) electrons. The summed E-state index contributed by atoms with van der Waals surface area (Å²) >= 11 is 13.6. The Morgan fingerprint density at radius 2 is 2.23 bits per heavy atom. The van der Waals surface area contributed by atoms with Crippen LogP contribution in [-0.4, -0.2) is 0 Å². The topological polar surface area (TPSA) is 0 Å². The first-order valence-corrected chi connectivity index (χ1v) is 7.09. The molecule has 0 spiro atoms. The van der Waals surface area contributed by atoms with Crippen molar-refractivity contribution in [3.63, 3.8) is 0 Å². The number of hydrogen-bond acceptors (Lipinski definition) is 1. The van der Waals surface area contributed by atoms with E-state index in [1.807, 2.05) is 12.1 Å². The minimum absolute atomic E-state index is 0.818. The van der Waals surface area contributed by atoms with Crippen molar-refractivity contribution < 1.29 is 0 Å². The molecule has 0 unspecified atom stereocenters. The molecule has 1 heterocycles. The van der Waals surface area contributed by atoms with Crippen LogP contribution in [-0.2, 0) is 5.33 Å². The fourth-order valence-electron chi connectivity index (χ4n) is 1.24. The first-order valence-electron chi connectivity index (χ1n) is 3.63. The van der Waals surface area contributed by atoms with Crippen molar-refractivity contribution in [2.75, 3.05) is 0 Å². The molecule has 68 valence electrons. The van der Waals surface area contributed by atoms with Gasteiger partial charge < -0.3 is 0 Å². The molecule has 13 heavy (non-hydrogen) atoms. The molecule has 0 fully saturated rings. The lowest BCUT2D eigenvalue weighted by Gasteiger charge is -1.99. The van der Waals surface area contributed by atoms with Crippen molar-refractivity contribution in [2.45, 2.75) is 5.33 Å². The molecule has 1 aromatic heterocycles. The lowest BCUT2D eigenvalue weighted by Crippen LogP contribution is -1.78. The van der Waals surface area contributed by atoms with Crippen LogP contribution >= 0.6 is 61.5 Å². The Morgan fingerprint density at radius 1 is 1.46 bits per heavy atom. The van der Waals surface area contributed by atoms with Gasteiger partial charge in [-0.3, -0.25) is 0 Å². The lowest BCUT2D eigenvalue weighted by atomic mass is 10.2. The molecule has 0 amide bonds. The first kappa shape index (κ1) is 10.2.